The number of rotatable bonds is 7. The number of benzene rings is 1. The summed E-state index contributed by atoms with van der Waals surface area (Å²) in [5.74, 6) is -0.683. The number of carbonyl (C=O) groups excluding carboxylic acids is 2. The second kappa shape index (κ2) is 10.5. The van der Waals surface area contributed by atoms with Crippen molar-refractivity contribution in [3.05, 3.63) is 61.9 Å². The number of fused-ring (bicyclic) bond motifs is 2. The number of hydrogen-bond acceptors (Lipinski definition) is 8. The predicted octanol–water partition coefficient (Wildman–Crippen LogP) is 4.57. The number of ether oxygens (including phenoxy) is 1. The number of aromatic nitrogens is 4. The second-order valence-corrected chi connectivity index (χ2v) is 11.0. The zero-order valence-corrected chi connectivity index (χ0v) is 22.5. The van der Waals surface area contributed by atoms with Crippen molar-refractivity contribution >= 4 is 51.0 Å². The molecule has 2 N–H and O–H groups in total. The van der Waals surface area contributed by atoms with Gasteiger partial charge in [0.2, 0.25) is 5.91 Å². The van der Waals surface area contributed by atoms with Crippen LogP contribution in [0.15, 0.2) is 34.3 Å². The van der Waals surface area contributed by atoms with Gasteiger partial charge in [0.05, 0.1) is 29.8 Å². The highest BCUT2D eigenvalue weighted by molar-refractivity contribution is 7.99. The van der Waals surface area contributed by atoms with E-state index in [2.05, 4.69) is 20.4 Å². The summed E-state index contributed by atoms with van der Waals surface area (Å²) in [6, 6.07) is 5.92. The Morgan fingerprint density at radius 3 is 2.81 bits per heavy atom. The molecule has 0 atom stereocenters. The molecule has 1 aliphatic rings. The van der Waals surface area contributed by atoms with E-state index in [1.54, 1.807) is 11.6 Å². The topological polar surface area (TPSA) is 119 Å². The molecule has 1 aliphatic carbocycles. The number of thioether (sulfide) groups is 1. The van der Waals surface area contributed by atoms with E-state index in [1.807, 2.05) is 32.0 Å². The molecule has 1 aromatic carbocycles. The van der Waals surface area contributed by atoms with E-state index in [-0.39, 0.29) is 23.8 Å². The number of hydrogen-bond donors (Lipinski definition) is 2. The number of H-pyrrole nitrogens is 1. The van der Waals surface area contributed by atoms with Crippen LogP contribution in [-0.2, 0) is 22.4 Å². The maximum Gasteiger partial charge on any atom is 0.341 e. The molecule has 0 unspecified atom stereocenters. The molecule has 0 bridgehead atoms. The third kappa shape index (κ3) is 5.05. The van der Waals surface area contributed by atoms with Gasteiger partial charge >= 0.3 is 5.97 Å². The molecule has 9 nitrogen and oxygen atoms in total. The molecule has 4 aromatic rings. The third-order valence-electron chi connectivity index (χ3n) is 6.40. The molecule has 3 aromatic heterocycles. The number of carbonyl (C=O) groups is 2. The fourth-order valence-electron chi connectivity index (χ4n) is 4.38. The average molecular weight is 538 g/mol. The van der Waals surface area contributed by atoms with Crippen LogP contribution >= 0.6 is 23.1 Å². The monoisotopic (exact) mass is 537 g/mol. The summed E-state index contributed by atoms with van der Waals surface area (Å²) in [6.45, 7) is 6.08. The summed E-state index contributed by atoms with van der Waals surface area (Å²) in [5.41, 5.74) is 4.64. The fraction of sp³-hybridized carbons (Fsp3) is 0.346. The van der Waals surface area contributed by atoms with E-state index in [0.29, 0.717) is 26.8 Å². The minimum atomic E-state index is -0.402. The van der Waals surface area contributed by atoms with Gasteiger partial charge in [-0.2, -0.15) is 5.10 Å². The van der Waals surface area contributed by atoms with Crippen molar-refractivity contribution in [2.75, 3.05) is 17.7 Å². The molecule has 1 amide bonds. The van der Waals surface area contributed by atoms with E-state index in [9.17, 15) is 14.4 Å². The lowest BCUT2D eigenvalue weighted by Crippen LogP contribution is -2.18. The maximum atomic E-state index is 12.9. The molecule has 5 rings (SSSR count). The summed E-state index contributed by atoms with van der Waals surface area (Å²) >= 11 is 2.56. The van der Waals surface area contributed by atoms with Crippen molar-refractivity contribution in [2.45, 2.75) is 51.6 Å². The molecule has 37 heavy (non-hydrogen) atoms. The van der Waals surface area contributed by atoms with Gasteiger partial charge in [-0.15, -0.1) is 11.3 Å². The largest absolute Gasteiger partial charge is 0.462 e. The summed E-state index contributed by atoms with van der Waals surface area (Å²) in [6.07, 6.45) is 5.28. The van der Waals surface area contributed by atoms with Crippen molar-refractivity contribution in [2.24, 2.45) is 0 Å². The second-order valence-electron chi connectivity index (χ2n) is 8.91. The zero-order chi connectivity index (χ0) is 26.1. The average Bonchev–Trinajstić information content (AvgIpc) is 3.46. The van der Waals surface area contributed by atoms with Gasteiger partial charge in [-0.05, 0) is 75.3 Å². The van der Waals surface area contributed by atoms with Gasteiger partial charge < -0.3 is 15.0 Å². The van der Waals surface area contributed by atoms with Crippen LogP contribution in [0.2, 0.25) is 0 Å². The van der Waals surface area contributed by atoms with Crippen LogP contribution in [0, 0.1) is 13.8 Å². The van der Waals surface area contributed by atoms with Crippen LogP contribution < -0.4 is 10.9 Å². The minimum Gasteiger partial charge on any atom is -0.462 e. The lowest BCUT2D eigenvalue weighted by molar-refractivity contribution is -0.113. The summed E-state index contributed by atoms with van der Waals surface area (Å²) < 4.78 is 6.89. The Morgan fingerprint density at radius 1 is 1.22 bits per heavy atom. The normalized spacial score (nSPS) is 12.9. The number of aromatic amines is 1. The van der Waals surface area contributed by atoms with Crippen LogP contribution in [0.25, 0.3) is 16.7 Å². The third-order valence-corrected chi connectivity index (χ3v) is 8.48. The molecule has 0 saturated heterocycles. The highest BCUT2D eigenvalue weighted by Gasteiger charge is 2.27. The van der Waals surface area contributed by atoms with Crippen molar-refractivity contribution in [1.29, 1.82) is 0 Å². The number of esters is 1. The van der Waals surface area contributed by atoms with Crippen LogP contribution in [0.5, 0.6) is 0 Å². The predicted molar refractivity (Wildman–Crippen MR) is 145 cm³/mol. The van der Waals surface area contributed by atoms with Gasteiger partial charge in [0, 0.05) is 4.88 Å². The van der Waals surface area contributed by atoms with Crippen LogP contribution in [-0.4, -0.2) is 44.0 Å². The molecule has 0 fully saturated rings. The van der Waals surface area contributed by atoms with Gasteiger partial charge in [-0.3, -0.25) is 9.59 Å². The Kier molecular flexibility index (Phi) is 7.16. The van der Waals surface area contributed by atoms with E-state index in [1.165, 1.54) is 17.5 Å². The summed E-state index contributed by atoms with van der Waals surface area (Å²) in [5, 5.41) is 8.47. The Balaban J connectivity index is 1.36. The molecule has 3 heterocycles. The number of amides is 1. The maximum absolute atomic E-state index is 12.9. The van der Waals surface area contributed by atoms with E-state index in [4.69, 9.17) is 4.74 Å². The minimum absolute atomic E-state index is 0.0110. The van der Waals surface area contributed by atoms with Gasteiger partial charge in [0.1, 0.15) is 10.4 Å². The first kappa shape index (κ1) is 25.2. The first-order valence-electron chi connectivity index (χ1n) is 12.2. The van der Waals surface area contributed by atoms with E-state index >= 15 is 0 Å². The van der Waals surface area contributed by atoms with Crippen molar-refractivity contribution in [1.82, 2.24) is 19.7 Å². The van der Waals surface area contributed by atoms with Crippen LogP contribution in [0.3, 0.4) is 0 Å². The molecule has 0 aliphatic heterocycles. The molecule has 11 heteroatoms. The Hall–Kier alpha value is -3.44. The quantitative estimate of drug-likeness (QED) is 0.201. The first-order chi connectivity index (χ1) is 17.9. The number of aryl methyl sites for hydroxylation is 3. The van der Waals surface area contributed by atoms with Gasteiger partial charge in [0.25, 0.3) is 5.56 Å². The zero-order valence-electron chi connectivity index (χ0n) is 20.8. The van der Waals surface area contributed by atoms with Gasteiger partial charge in [-0.25, -0.2) is 14.5 Å². The van der Waals surface area contributed by atoms with Crippen molar-refractivity contribution in [3.8, 4) is 5.69 Å². The number of nitrogens with zero attached hydrogens (tertiary/aromatic N) is 3. The Labute approximate surface area is 221 Å². The van der Waals surface area contributed by atoms with Gasteiger partial charge in [-0.1, -0.05) is 17.8 Å². The molecular weight excluding hydrogens is 510 g/mol. The number of nitrogens with one attached hydrogen (secondary N) is 2. The van der Waals surface area contributed by atoms with E-state index < -0.39 is 5.97 Å². The summed E-state index contributed by atoms with van der Waals surface area (Å²) in [4.78, 5) is 46.7. The summed E-state index contributed by atoms with van der Waals surface area (Å²) in [7, 11) is 0. The smallest absolute Gasteiger partial charge is 0.341 e. The van der Waals surface area contributed by atoms with Crippen molar-refractivity contribution < 1.29 is 14.3 Å². The lowest BCUT2D eigenvalue weighted by Gasteiger charge is -2.12. The highest BCUT2D eigenvalue weighted by atomic mass is 32.2. The standard InChI is InChI=1S/C26H27N5O4S2/c1-4-35-25(34)21-17-7-5-6-8-19(17)37-24(21)28-20(32)13-36-26-29-22-18(23(33)30-26)12-27-31(22)16-10-9-14(2)15(3)11-16/h9-12H,4-8,13H2,1-3H3,(H,28,32)(H,29,30,33). The first-order valence-corrected chi connectivity index (χ1v) is 14.0. The number of thiophene rings is 1. The Bertz CT molecular complexity index is 1570. The molecular formula is C26H27N5O4S2. The number of anilines is 1. The van der Waals surface area contributed by atoms with Gasteiger partial charge in [0.15, 0.2) is 10.8 Å². The fourth-order valence-corrected chi connectivity index (χ4v) is 6.33. The van der Waals surface area contributed by atoms with Crippen LogP contribution in [0.4, 0.5) is 5.00 Å². The molecule has 0 saturated carbocycles. The Morgan fingerprint density at radius 2 is 2.03 bits per heavy atom. The molecule has 192 valence electrons. The van der Waals surface area contributed by atoms with Crippen molar-refractivity contribution in [3.63, 3.8) is 0 Å². The highest BCUT2D eigenvalue weighted by Crippen LogP contribution is 2.38. The molecule has 0 spiro atoms. The molecule has 0 radical (unpaired) electrons. The lowest BCUT2D eigenvalue weighted by atomic mass is 9.95. The van der Waals surface area contributed by atoms with E-state index in [0.717, 1.165) is 64.7 Å². The SMILES string of the molecule is CCOC(=O)c1c(NC(=O)CSc2nc3c(cnn3-c3ccc(C)c(C)c3)c(=O)[nH]2)sc2c1CCCC2. The van der Waals surface area contributed by atoms with Crippen LogP contribution in [0.1, 0.15) is 51.7 Å².